The first-order valence-corrected chi connectivity index (χ1v) is 8.43. The normalized spacial score (nSPS) is 36.4. The number of carbonyl (C=O) groups is 2. The largest absolute Gasteiger partial charge is 0.469 e. The van der Waals surface area contributed by atoms with Gasteiger partial charge in [0.1, 0.15) is 6.26 Å². The van der Waals surface area contributed by atoms with E-state index in [1.54, 1.807) is 0 Å². The van der Waals surface area contributed by atoms with Crippen molar-refractivity contribution in [2.45, 2.75) is 44.1 Å². The van der Waals surface area contributed by atoms with Crippen LogP contribution in [0.5, 0.6) is 0 Å². The van der Waals surface area contributed by atoms with Crippen LogP contribution in [-0.2, 0) is 9.53 Å². The van der Waals surface area contributed by atoms with E-state index in [0.29, 0.717) is 23.8 Å². The highest BCUT2D eigenvalue weighted by Crippen LogP contribution is 2.62. The molecule has 0 spiro atoms. The Labute approximate surface area is 139 Å². The monoisotopic (exact) mass is 331 g/mol. The molecule has 6 nitrogen and oxygen atoms in total. The molecule has 1 heterocycles. The van der Waals surface area contributed by atoms with Gasteiger partial charge in [0.2, 0.25) is 0 Å². The van der Waals surface area contributed by atoms with Crippen LogP contribution in [0.2, 0.25) is 0 Å². The van der Waals surface area contributed by atoms with Crippen molar-refractivity contribution >= 4 is 11.9 Å². The minimum Gasteiger partial charge on any atom is -0.469 e. The SMILES string of the molecule is COC(=O)C12C[C@@H]3C[C@H](CC(NC(=O)c4ccc(=O)oc4)(C3)C1)C2. The van der Waals surface area contributed by atoms with E-state index in [1.165, 1.54) is 25.5 Å². The molecule has 2 atom stereocenters. The average Bonchev–Trinajstić information content (AvgIpc) is 2.52. The topological polar surface area (TPSA) is 85.6 Å². The van der Waals surface area contributed by atoms with Gasteiger partial charge in [-0.3, -0.25) is 9.59 Å². The molecule has 4 saturated carbocycles. The summed E-state index contributed by atoms with van der Waals surface area (Å²) in [7, 11) is 1.44. The van der Waals surface area contributed by atoms with Crippen molar-refractivity contribution in [1.29, 1.82) is 0 Å². The molecule has 4 bridgehead atoms. The molecule has 0 radical (unpaired) electrons. The molecule has 0 aliphatic heterocycles. The molecule has 1 aromatic rings. The summed E-state index contributed by atoms with van der Waals surface area (Å²) >= 11 is 0. The fourth-order valence-corrected chi connectivity index (χ4v) is 5.66. The van der Waals surface area contributed by atoms with Crippen molar-refractivity contribution in [2.75, 3.05) is 7.11 Å². The summed E-state index contributed by atoms with van der Waals surface area (Å²) in [6, 6.07) is 2.71. The zero-order valence-corrected chi connectivity index (χ0v) is 13.7. The molecule has 4 aliphatic carbocycles. The summed E-state index contributed by atoms with van der Waals surface area (Å²) < 4.78 is 9.87. The number of hydrogen-bond acceptors (Lipinski definition) is 5. The fourth-order valence-electron chi connectivity index (χ4n) is 5.66. The number of methoxy groups -OCH3 is 1. The molecule has 6 heteroatoms. The van der Waals surface area contributed by atoms with Gasteiger partial charge in [0.25, 0.3) is 5.91 Å². The molecule has 0 saturated heterocycles. The van der Waals surface area contributed by atoms with Crippen LogP contribution in [0.1, 0.15) is 48.9 Å². The lowest BCUT2D eigenvalue weighted by Crippen LogP contribution is -2.64. The smallest absolute Gasteiger partial charge is 0.335 e. The lowest BCUT2D eigenvalue weighted by Gasteiger charge is -2.60. The lowest BCUT2D eigenvalue weighted by atomic mass is 9.47. The zero-order valence-electron chi connectivity index (χ0n) is 13.7. The Hall–Kier alpha value is -2.11. The Morgan fingerprint density at radius 1 is 1.21 bits per heavy atom. The Morgan fingerprint density at radius 3 is 2.50 bits per heavy atom. The van der Waals surface area contributed by atoms with Gasteiger partial charge in [-0.1, -0.05) is 0 Å². The number of carbonyl (C=O) groups excluding carboxylic acids is 2. The summed E-state index contributed by atoms with van der Waals surface area (Å²) in [6.07, 6.45) is 6.52. The standard InChI is InChI=1S/C18H21NO5/c1-23-16(22)17-5-11-4-12(6-17)8-18(7-11,10-17)19-15(21)13-2-3-14(20)24-9-13/h2-3,9,11-12H,4-8,10H2,1H3,(H,19,21)/t11-,12-,17?,18?/m0/s1. The predicted octanol–water partition coefficient (Wildman–Crippen LogP) is 1.88. The second-order valence-corrected chi connectivity index (χ2v) is 7.81. The average molecular weight is 331 g/mol. The van der Waals surface area contributed by atoms with Gasteiger partial charge >= 0.3 is 11.6 Å². The third-order valence-corrected chi connectivity index (χ3v) is 6.02. The van der Waals surface area contributed by atoms with Gasteiger partial charge in [-0.2, -0.15) is 0 Å². The van der Waals surface area contributed by atoms with Crippen LogP contribution in [0.3, 0.4) is 0 Å². The first-order chi connectivity index (χ1) is 11.4. The van der Waals surface area contributed by atoms with Gasteiger partial charge in [-0.25, -0.2) is 4.79 Å². The summed E-state index contributed by atoms with van der Waals surface area (Å²) in [5.74, 6) is 0.528. The maximum absolute atomic E-state index is 12.6. The van der Waals surface area contributed by atoms with Crippen LogP contribution in [0.25, 0.3) is 0 Å². The maximum Gasteiger partial charge on any atom is 0.335 e. The van der Waals surface area contributed by atoms with Crippen LogP contribution >= 0.6 is 0 Å². The Bertz CT molecular complexity index is 718. The molecule has 1 amide bonds. The maximum atomic E-state index is 12.6. The van der Waals surface area contributed by atoms with Crippen molar-refractivity contribution in [1.82, 2.24) is 5.32 Å². The molecule has 1 N–H and O–H groups in total. The van der Waals surface area contributed by atoms with Gasteiger partial charge in [-0.15, -0.1) is 0 Å². The van der Waals surface area contributed by atoms with E-state index in [-0.39, 0.29) is 17.4 Å². The van der Waals surface area contributed by atoms with Crippen LogP contribution in [0.4, 0.5) is 0 Å². The van der Waals surface area contributed by atoms with E-state index in [4.69, 9.17) is 9.15 Å². The first-order valence-electron chi connectivity index (χ1n) is 8.43. The van der Waals surface area contributed by atoms with E-state index in [9.17, 15) is 14.4 Å². The Morgan fingerprint density at radius 2 is 1.92 bits per heavy atom. The molecule has 128 valence electrons. The predicted molar refractivity (Wildman–Crippen MR) is 84.3 cm³/mol. The summed E-state index contributed by atoms with van der Waals surface area (Å²) in [5, 5.41) is 3.16. The molecular formula is C18H21NO5. The number of nitrogens with one attached hydrogen (secondary N) is 1. The fraction of sp³-hybridized carbons (Fsp3) is 0.611. The summed E-state index contributed by atoms with van der Waals surface area (Å²) in [4.78, 5) is 36.1. The van der Waals surface area contributed by atoms with E-state index < -0.39 is 11.0 Å². The van der Waals surface area contributed by atoms with Gasteiger partial charge in [-0.05, 0) is 56.4 Å². The van der Waals surface area contributed by atoms with Crippen LogP contribution in [0.15, 0.2) is 27.6 Å². The number of rotatable bonds is 3. The Kier molecular flexibility index (Phi) is 3.34. The van der Waals surface area contributed by atoms with Gasteiger partial charge in [0.05, 0.1) is 18.1 Å². The molecule has 4 fully saturated rings. The van der Waals surface area contributed by atoms with E-state index >= 15 is 0 Å². The van der Waals surface area contributed by atoms with E-state index in [2.05, 4.69) is 5.32 Å². The van der Waals surface area contributed by atoms with Crippen molar-refractivity contribution in [3.8, 4) is 0 Å². The highest BCUT2D eigenvalue weighted by molar-refractivity contribution is 5.94. The molecule has 0 aromatic carbocycles. The highest BCUT2D eigenvalue weighted by Gasteiger charge is 2.61. The minimum absolute atomic E-state index is 0.138. The zero-order chi connectivity index (χ0) is 16.9. The van der Waals surface area contributed by atoms with Crippen molar-refractivity contribution in [3.05, 3.63) is 34.4 Å². The number of hydrogen-bond donors (Lipinski definition) is 1. The highest BCUT2D eigenvalue weighted by atomic mass is 16.5. The van der Waals surface area contributed by atoms with E-state index in [0.717, 1.165) is 32.1 Å². The number of esters is 1. The van der Waals surface area contributed by atoms with Gasteiger partial charge in [0.15, 0.2) is 0 Å². The summed E-state index contributed by atoms with van der Waals surface area (Å²) in [5.41, 5.74) is -0.954. The minimum atomic E-state index is -0.481. The Balaban J connectivity index is 1.60. The molecule has 0 unspecified atom stereocenters. The second kappa shape index (κ2) is 5.19. The molecular weight excluding hydrogens is 310 g/mol. The third-order valence-electron chi connectivity index (χ3n) is 6.02. The number of amides is 1. The lowest BCUT2D eigenvalue weighted by molar-refractivity contribution is -0.171. The van der Waals surface area contributed by atoms with Crippen LogP contribution in [0, 0.1) is 17.3 Å². The molecule has 24 heavy (non-hydrogen) atoms. The number of ether oxygens (including phenoxy) is 1. The van der Waals surface area contributed by atoms with Crippen LogP contribution < -0.4 is 10.9 Å². The second-order valence-electron chi connectivity index (χ2n) is 7.81. The molecule has 5 rings (SSSR count). The van der Waals surface area contributed by atoms with Gasteiger partial charge < -0.3 is 14.5 Å². The molecule has 4 aliphatic rings. The van der Waals surface area contributed by atoms with Crippen molar-refractivity contribution in [3.63, 3.8) is 0 Å². The summed E-state index contributed by atoms with van der Waals surface area (Å²) in [6.45, 7) is 0. The van der Waals surface area contributed by atoms with Crippen molar-refractivity contribution in [2.24, 2.45) is 17.3 Å². The van der Waals surface area contributed by atoms with Crippen LogP contribution in [-0.4, -0.2) is 24.5 Å². The van der Waals surface area contributed by atoms with E-state index in [1.807, 2.05) is 0 Å². The van der Waals surface area contributed by atoms with Crippen molar-refractivity contribution < 1.29 is 18.7 Å². The quantitative estimate of drug-likeness (QED) is 0.855. The first kappa shape index (κ1) is 15.4. The molecule has 1 aromatic heterocycles. The third kappa shape index (κ3) is 2.36. The van der Waals surface area contributed by atoms with Gasteiger partial charge in [0, 0.05) is 11.6 Å².